The molecule has 5 rings (SSSR count). The Morgan fingerprint density at radius 3 is 2.58 bits per heavy atom. The van der Waals surface area contributed by atoms with Gasteiger partial charge in [-0.25, -0.2) is 4.79 Å². The molecule has 11 heteroatoms. The predicted molar refractivity (Wildman–Crippen MR) is 126 cm³/mol. The lowest BCUT2D eigenvalue weighted by atomic mass is 9.83. The van der Waals surface area contributed by atoms with Gasteiger partial charge in [0.05, 0.1) is 41.5 Å². The first-order valence-corrected chi connectivity index (χ1v) is 11.2. The topological polar surface area (TPSA) is 148 Å². The molecule has 36 heavy (non-hydrogen) atoms. The lowest BCUT2D eigenvalue weighted by Gasteiger charge is -2.29. The number of para-hydroxylation sites is 1. The van der Waals surface area contributed by atoms with E-state index in [1.165, 1.54) is 24.3 Å². The number of ether oxygens (including phenoxy) is 2. The molecule has 0 radical (unpaired) electrons. The Labute approximate surface area is 204 Å². The van der Waals surface area contributed by atoms with E-state index in [2.05, 4.69) is 11.4 Å². The van der Waals surface area contributed by atoms with E-state index in [9.17, 15) is 25.0 Å². The van der Waals surface area contributed by atoms with Crippen molar-refractivity contribution in [3.8, 4) is 11.8 Å². The van der Waals surface area contributed by atoms with Gasteiger partial charge in [-0.05, 0) is 17.7 Å². The minimum Gasteiger partial charge on any atom is -0.438 e. The van der Waals surface area contributed by atoms with Gasteiger partial charge < -0.3 is 13.9 Å². The van der Waals surface area contributed by atoms with Gasteiger partial charge >= 0.3 is 5.63 Å². The number of nitro groups is 1. The van der Waals surface area contributed by atoms with Crippen molar-refractivity contribution in [2.24, 2.45) is 0 Å². The van der Waals surface area contributed by atoms with Gasteiger partial charge in [0.2, 0.25) is 11.8 Å². The quantitative estimate of drug-likeness (QED) is 0.325. The molecule has 2 aliphatic rings. The highest BCUT2D eigenvalue weighted by Gasteiger charge is 2.37. The summed E-state index contributed by atoms with van der Waals surface area (Å²) in [6, 6.07) is 14.3. The summed E-state index contributed by atoms with van der Waals surface area (Å²) in [5.74, 6) is -1.30. The first-order chi connectivity index (χ1) is 17.5. The number of hydrogen-bond acceptors (Lipinski definition) is 9. The van der Waals surface area contributed by atoms with Crippen LogP contribution in [0.15, 0.2) is 69.2 Å². The van der Waals surface area contributed by atoms with Crippen molar-refractivity contribution in [1.82, 2.24) is 10.2 Å². The Kier molecular flexibility index (Phi) is 6.20. The highest BCUT2D eigenvalue weighted by atomic mass is 16.6. The molecular formula is C25H20N4O7. The number of rotatable bonds is 5. The van der Waals surface area contributed by atoms with E-state index < -0.39 is 22.4 Å². The van der Waals surface area contributed by atoms with Crippen molar-refractivity contribution in [1.29, 1.82) is 5.26 Å². The Hall–Kier alpha value is -4.53. The summed E-state index contributed by atoms with van der Waals surface area (Å²) in [5, 5.41) is 24.4. The smallest absolute Gasteiger partial charge is 0.344 e. The standard InChI is InChI=1S/C25H20N4O7/c26-13-18-21(15-5-7-16(8-6-15)29(32)33)22-23(17-3-1-2-4-19(17)35-25(22)31)36-24(18)27-20(30)14-28-9-11-34-12-10-28/h1-8,21H,9-12,14H2,(H,27,30). The summed E-state index contributed by atoms with van der Waals surface area (Å²) in [5.41, 5.74) is -0.0801. The van der Waals surface area contributed by atoms with Gasteiger partial charge in [0.25, 0.3) is 5.69 Å². The number of non-ortho nitro benzene ring substituents is 1. The second kappa shape index (κ2) is 9.61. The van der Waals surface area contributed by atoms with Crippen LogP contribution >= 0.6 is 0 Å². The molecule has 1 aromatic heterocycles. The van der Waals surface area contributed by atoms with Crippen LogP contribution in [-0.4, -0.2) is 48.6 Å². The van der Waals surface area contributed by atoms with Crippen molar-refractivity contribution in [2.45, 2.75) is 5.92 Å². The number of nitrogens with one attached hydrogen (secondary N) is 1. The molecule has 182 valence electrons. The maximum atomic E-state index is 13.1. The van der Waals surface area contributed by atoms with Crippen LogP contribution in [0.3, 0.4) is 0 Å². The van der Waals surface area contributed by atoms with E-state index >= 15 is 0 Å². The molecule has 0 aliphatic carbocycles. The summed E-state index contributed by atoms with van der Waals surface area (Å²) in [7, 11) is 0. The molecule has 0 spiro atoms. The second-order valence-electron chi connectivity index (χ2n) is 8.30. The number of morpholine rings is 1. The summed E-state index contributed by atoms with van der Waals surface area (Å²) in [6.07, 6.45) is 0. The maximum absolute atomic E-state index is 13.1. The first kappa shape index (κ1) is 23.2. The summed E-state index contributed by atoms with van der Waals surface area (Å²) in [6.45, 7) is 2.30. The zero-order valence-electron chi connectivity index (χ0n) is 18.9. The van der Waals surface area contributed by atoms with Crippen molar-refractivity contribution in [3.05, 3.63) is 91.6 Å². The highest BCUT2D eigenvalue weighted by Crippen LogP contribution is 2.44. The number of benzene rings is 2. The van der Waals surface area contributed by atoms with E-state index in [0.717, 1.165) is 0 Å². The number of nitrogens with zero attached hydrogens (tertiary/aromatic N) is 3. The molecule has 3 aromatic rings. The van der Waals surface area contributed by atoms with E-state index in [1.54, 1.807) is 24.3 Å². The zero-order valence-corrected chi connectivity index (χ0v) is 18.9. The van der Waals surface area contributed by atoms with Crippen molar-refractivity contribution in [2.75, 3.05) is 32.8 Å². The van der Waals surface area contributed by atoms with E-state index in [-0.39, 0.29) is 40.6 Å². The van der Waals surface area contributed by atoms with Gasteiger partial charge in [-0.3, -0.25) is 25.1 Å². The van der Waals surface area contributed by atoms with E-state index in [0.29, 0.717) is 37.3 Å². The lowest BCUT2D eigenvalue weighted by molar-refractivity contribution is -0.384. The Bertz CT molecular complexity index is 1480. The lowest BCUT2D eigenvalue weighted by Crippen LogP contribution is -2.44. The number of carbonyl (C=O) groups excluding carboxylic acids is 1. The molecule has 1 unspecified atom stereocenters. The first-order valence-electron chi connectivity index (χ1n) is 11.2. The average molecular weight is 488 g/mol. The van der Waals surface area contributed by atoms with Crippen LogP contribution in [0.25, 0.3) is 11.0 Å². The molecule has 1 N–H and O–H groups in total. The van der Waals surface area contributed by atoms with Gasteiger partial charge in [0.1, 0.15) is 17.2 Å². The minimum absolute atomic E-state index is 0.0192. The van der Waals surface area contributed by atoms with Crippen molar-refractivity contribution in [3.63, 3.8) is 0 Å². The fraction of sp³-hybridized carbons (Fsp3) is 0.240. The van der Waals surface area contributed by atoms with Gasteiger partial charge in [0.15, 0.2) is 5.75 Å². The van der Waals surface area contributed by atoms with Crippen LogP contribution in [-0.2, 0) is 9.53 Å². The summed E-state index contributed by atoms with van der Waals surface area (Å²) >= 11 is 0. The van der Waals surface area contributed by atoms with Gasteiger partial charge in [-0.15, -0.1) is 0 Å². The number of carbonyl (C=O) groups is 1. The average Bonchev–Trinajstić information content (AvgIpc) is 2.88. The molecule has 1 atom stereocenters. The molecule has 1 amide bonds. The van der Waals surface area contributed by atoms with Crippen LogP contribution in [0.5, 0.6) is 5.75 Å². The second-order valence-corrected chi connectivity index (χ2v) is 8.30. The third-order valence-corrected chi connectivity index (χ3v) is 6.11. The Morgan fingerprint density at radius 1 is 1.17 bits per heavy atom. The van der Waals surface area contributed by atoms with Gasteiger partial charge in [0, 0.05) is 25.2 Å². The number of nitro benzene ring substituents is 1. The maximum Gasteiger partial charge on any atom is 0.344 e. The zero-order chi connectivity index (χ0) is 25.2. The molecule has 0 saturated carbocycles. The SMILES string of the molecule is N#CC1=C(NC(=O)CN2CCOCC2)Oc2c(c(=O)oc3ccccc23)C1c1ccc([N+](=O)[O-])cc1. The highest BCUT2D eigenvalue weighted by molar-refractivity contribution is 5.87. The minimum atomic E-state index is -0.973. The molecule has 11 nitrogen and oxygen atoms in total. The number of allylic oxidation sites excluding steroid dienone is 1. The molecule has 1 fully saturated rings. The fourth-order valence-electron chi connectivity index (χ4n) is 4.39. The van der Waals surface area contributed by atoms with Gasteiger partial charge in [-0.1, -0.05) is 24.3 Å². The van der Waals surface area contributed by atoms with E-state index in [1.807, 2.05) is 4.90 Å². The third kappa shape index (κ3) is 4.31. The Balaban J connectivity index is 1.62. The van der Waals surface area contributed by atoms with Crippen LogP contribution in [0.4, 0.5) is 5.69 Å². The number of amides is 1. The van der Waals surface area contributed by atoms with Crippen molar-refractivity contribution >= 4 is 22.6 Å². The number of fused-ring (bicyclic) bond motifs is 3. The summed E-state index contributed by atoms with van der Waals surface area (Å²) in [4.78, 5) is 38.5. The molecular weight excluding hydrogens is 468 g/mol. The third-order valence-electron chi connectivity index (χ3n) is 6.11. The van der Waals surface area contributed by atoms with Crippen LogP contribution in [0.2, 0.25) is 0 Å². The predicted octanol–water partition coefficient (Wildman–Crippen LogP) is 2.41. The molecule has 0 bridgehead atoms. The molecule has 1 saturated heterocycles. The van der Waals surface area contributed by atoms with E-state index in [4.69, 9.17) is 13.9 Å². The normalized spacial score (nSPS) is 17.7. The van der Waals surface area contributed by atoms with Crippen LogP contribution in [0.1, 0.15) is 17.0 Å². The molecule has 2 aliphatic heterocycles. The largest absolute Gasteiger partial charge is 0.438 e. The van der Waals surface area contributed by atoms with Crippen LogP contribution < -0.4 is 15.7 Å². The number of nitriles is 1. The monoisotopic (exact) mass is 488 g/mol. The summed E-state index contributed by atoms with van der Waals surface area (Å²) < 4.78 is 16.8. The van der Waals surface area contributed by atoms with Gasteiger partial charge in [-0.2, -0.15) is 5.26 Å². The fourth-order valence-corrected chi connectivity index (χ4v) is 4.39. The Morgan fingerprint density at radius 2 is 1.89 bits per heavy atom. The molecule has 3 heterocycles. The molecule has 2 aromatic carbocycles. The van der Waals surface area contributed by atoms with Crippen LogP contribution in [0, 0.1) is 21.4 Å². The van der Waals surface area contributed by atoms with Crippen molar-refractivity contribution < 1.29 is 23.6 Å². The number of hydrogen-bond donors (Lipinski definition) is 1.